The molecule has 1 saturated heterocycles. The summed E-state index contributed by atoms with van der Waals surface area (Å²) in [6.45, 7) is 3.23. The standard InChI is InChI=1S/C22H26N2O3/c1-2-15-3-5-16(6-4-15)18-11-19(21(25)23-20-7-8-20)13-24(12-18)22(26)17-9-10-27-14-17/h3-6,9-10,14,18-20H,2,7-8,11-13H2,1H3,(H,23,25)/t18-,19-/m1/s1. The molecule has 0 bridgehead atoms. The van der Waals surface area contributed by atoms with E-state index in [2.05, 4.69) is 36.5 Å². The molecule has 2 aliphatic rings. The fourth-order valence-electron chi connectivity index (χ4n) is 3.84. The second kappa shape index (κ2) is 7.59. The molecule has 2 heterocycles. The quantitative estimate of drug-likeness (QED) is 0.882. The predicted octanol–water partition coefficient (Wildman–Crippen LogP) is 3.37. The van der Waals surface area contributed by atoms with Crippen LogP contribution in [0, 0.1) is 5.92 Å². The van der Waals surface area contributed by atoms with Crippen LogP contribution in [-0.4, -0.2) is 35.8 Å². The van der Waals surface area contributed by atoms with Crippen molar-refractivity contribution in [3.63, 3.8) is 0 Å². The normalized spacial score (nSPS) is 22.5. The molecule has 1 aromatic heterocycles. The van der Waals surface area contributed by atoms with Gasteiger partial charge in [-0.05, 0) is 42.9 Å². The molecule has 0 unspecified atom stereocenters. The van der Waals surface area contributed by atoms with E-state index in [4.69, 9.17) is 4.42 Å². The molecule has 1 aliphatic carbocycles. The number of nitrogens with one attached hydrogen (secondary N) is 1. The van der Waals surface area contributed by atoms with Crippen LogP contribution in [0.4, 0.5) is 0 Å². The van der Waals surface area contributed by atoms with Gasteiger partial charge in [-0.3, -0.25) is 9.59 Å². The third-order valence-corrected chi connectivity index (χ3v) is 5.66. The lowest BCUT2D eigenvalue weighted by atomic mass is 9.83. The van der Waals surface area contributed by atoms with Gasteiger partial charge in [0, 0.05) is 25.0 Å². The average molecular weight is 366 g/mol. The molecule has 27 heavy (non-hydrogen) atoms. The van der Waals surface area contributed by atoms with Crippen LogP contribution in [0.3, 0.4) is 0 Å². The van der Waals surface area contributed by atoms with Crippen LogP contribution in [-0.2, 0) is 11.2 Å². The van der Waals surface area contributed by atoms with Gasteiger partial charge in [-0.2, -0.15) is 0 Å². The van der Waals surface area contributed by atoms with Crippen LogP contribution in [0.25, 0.3) is 0 Å². The third kappa shape index (κ3) is 4.07. The highest BCUT2D eigenvalue weighted by atomic mass is 16.3. The summed E-state index contributed by atoms with van der Waals surface area (Å²) in [6.07, 6.45) is 6.90. The van der Waals surface area contributed by atoms with Crippen molar-refractivity contribution >= 4 is 11.8 Å². The molecule has 5 nitrogen and oxygen atoms in total. The number of furan rings is 1. The highest BCUT2D eigenvalue weighted by Gasteiger charge is 2.36. The second-order valence-corrected chi connectivity index (χ2v) is 7.73. The second-order valence-electron chi connectivity index (χ2n) is 7.73. The average Bonchev–Trinajstić information content (AvgIpc) is 3.35. The van der Waals surface area contributed by atoms with Crippen molar-refractivity contribution < 1.29 is 14.0 Å². The number of likely N-dealkylation sites (tertiary alicyclic amines) is 1. The molecule has 2 fully saturated rings. The van der Waals surface area contributed by atoms with Gasteiger partial charge in [-0.1, -0.05) is 31.2 Å². The maximum atomic E-state index is 12.9. The Hall–Kier alpha value is -2.56. The Morgan fingerprint density at radius 1 is 1.15 bits per heavy atom. The monoisotopic (exact) mass is 366 g/mol. The molecule has 2 atom stereocenters. The van der Waals surface area contributed by atoms with E-state index < -0.39 is 0 Å². The van der Waals surface area contributed by atoms with Gasteiger partial charge >= 0.3 is 0 Å². The van der Waals surface area contributed by atoms with Crippen molar-refractivity contribution in [2.24, 2.45) is 5.92 Å². The van der Waals surface area contributed by atoms with Crippen molar-refractivity contribution in [2.75, 3.05) is 13.1 Å². The van der Waals surface area contributed by atoms with Gasteiger partial charge < -0.3 is 14.6 Å². The number of carbonyl (C=O) groups excluding carboxylic acids is 2. The third-order valence-electron chi connectivity index (χ3n) is 5.66. The Labute approximate surface area is 159 Å². The highest BCUT2D eigenvalue weighted by Crippen LogP contribution is 2.32. The topological polar surface area (TPSA) is 62.6 Å². The van der Waals surface area contributed by atoms with Crippen LogP contribution < -0.4 is 5.32 Å². The molecule has 1 saturated carbocycles. The van der Waals surface area contributed by atoms with Crippen LogP contribution in [0.15, 0.2) is 47.3 Å². The van der Waals surface area contributed by atoms with E-state index in [0.29, 0.717) is 24.7 Å². The maximum absolute atomic E-state index is 12.9. The van der Waals surface area contributed by atoms with Gasteiger partial charge in [0.2, 0.25) is 5.91 Å². The molecule has 4 rings (SSSR count). The van der Waals surface area contributed by atoms with Crippen LogP contribution in [0.1, 0.15) is 53.6 Å². The number of amides is 2. The molecule has 1 aromatic carbocycles. The Balaban J connectivity index is 1.55. The van der Waals surface area contributed by atoms with Crippen LogP contribution >= 0.6 is 0 Å². The number of nitrogens with zero attached hydrogens (tertiary/aromatic N) is 1. The summed E-state index contributed by atoms with van der Waals surface area (Å²) < 4.78 is 5.07. The molecule has 142 valence electrons. The molecule has 0 radical (unpaired) electrons. The SMILES string of the molecule is CCc1ccc([C@@H]2C[C@@H](C(=O)NC3CC3)CN(C(=O)c3ccoc3)C2)cc1. The Bertz CT molecular complexity index is 793. The van der Waals surface area contributed by atoms with Crippen molar-refractivity contribution in [2.45, 2.75) is 44.6 Å². The first-order valence-electron chi connectivity index (χ1n) is 9.84. The van der Waals surface area contributed by atoms with Crippen molar-refractivity contribution in [3.8, 4) is 0 Å². The smallest absolute Gasteiger partial charge is 0.257 e. The van der Waals surface area contributed by atoms with E-state index in [-0.39, 0.29) is 23.7 Å². The summed E-state index contributed by atoms with van der Waals surface area (Å²) in [5.74, 6) is 0.00161. The fourth-order valence-corrected chi connectivity index (χ4v) is 3.84. The summed E-state index contributed by atoms with van der Waals surface area (Å²) in [5, 5.41) is 3.11. The van der Waals surface area contributed by atoms with Gasteiger partial charge in [-0.15, -0.1) is 0 Å². The van der Waals surface area contributed by atoms with Crippen LogP contribution in [0.5, 0.6) is 0 Å². The molecule has 1 aliphatic heterocycles. The van der Waals surface area contributed by atoms with Crippen molar-refractivity contribution in [1.29, 1.82) is 0 Å². The molecule has 0 spiro atoms. The largest absolute Gasteiger partial charge is 0.472 e. The first kappa shape index (κ1) is 17.8. The lowest BCUT2D eigenvalue weighted by molar-refractivity contribution is -0.126. The summed E-state index contributed by atoms with van der Waals surface area (Å²) in [5.41, 5.74) is 3.03. The Kier molecular flexibility index (Phi) is 5.01. The number of benzene rings is 1. The summed E-state index contributed by atoms with van der Waals surface area (Å²) in [6, 6.07) is 10.6. The lowest BCUT2D eigenvalue weighted by Crippen LogP contribution is -2.48. The predicted molar refractivity (Wildman–Crippen MR) is 102 cm³/mol. The zero-order valence-corrected chi connectivity index (χ0v) is 15.7. The number of carbonyl (C=O) groups is 2. The van der Waals surface area contributed by atoms with Crippen molar-refractivity contribution in [3.05, 3.63) is 59.5 Å². The van der Waals surface area contributed by atoms with Crippen molar-refractivity contribution in [1.82, 2.24) is 10.2 Å². The Morgan fingerprint density at radius 2 is 1.93 bits per heavy atom. The van der Waals surface area contributed by atoms with Gasteiger partial charge in [0.1, 0.15) is 6.26 Å². The first-order valence-corrected chi connectivity index (χ1v) is 9.84. The first-order chi connectivity index (χ1) is 13.1. The number of rotatable bonds is 5. The van der Waals surface area contributed by atoms with E-state index in [9.17, 15) is 9.59 Å². The number of hydrogen-bond acceptors (Lipinski definition) is 3. The molecular formula is C22H26N2O3. The van der Waals surface area contributed by atoms with Gasteiger partial charge in [0.25, 0.3) is 5.91 Å². The fraction of sp³-hybridized carbons (Fsp3) is 0.455. The number of hydrogen-bond donors (Lipinski definition) is 1. The maximum Gasteiger partial charge on any atom is 0.257 e. The molecule has 2 amide bonds. The molecular weight excluding hydrogens is 340 g/mol. The minimum atomic E-state index is -0.175. The van der Waals surface area contributed by atoms with E-state index in [1.165, 1.54) is 23.7 Å². The van der Waals surface area contributed by atoms with E-state index in [0.717, 1.165) is 25.7 Å². The zero-order chi connectivity index (χ0) is 18.8. The minimum absolute atomic E-state index is 0.0668. The highest BCUT2D eigenvalue weighted by molar-refractivity contribution is 5.94. The van der Waals surface area contributed by atoms with E-state index >= 15 is 0 Å². The zero-order valence-electron chi connectivity index (χ0n) is 15.7. The van der Waals surface area contributed by atoms with E-state index in [1.807, 2.05) is 4.90 Å². The molecule has 1 N–H and O–H groups in total. The summed E-state index contributed by atoms with van der Waals surface area (Å²) in [4.78, 5) is 27.4. The number of piperidine rings is 1. The minimum Gasteiger partial charge on any atom is -0.472 e. The van der Waals surface area contributed by atoms with Crippen LogP contribution in [0.2, 0.25) is 0 Å². The molecule has 5 heteroatoms. The number of aryl methyl sites for hydroxylation is 1. The Morgan fingerprint density at radius 3 is 2.56 bits per heavy atom. The molecule has 2 aromatic rings. The summed E-state index contributed by atoms with van der Waals surface area (Å²) in [7, 11) is 0. The van der Waals surface area contributed by atoms with E-state index in [1.54, 1.807) is 6.07 Å². The lowest BCUT2D eigenvalue weighted by Gasteiger charge is -2.37. The van der Waals surface area contributed by atoms with Gasteiger partial charge in [0.05, 0.1) is 17.7 Å². The van der Waals surface area contributed by atoms with Gasteiger partial charge in [-0.25, -0.2) is 0 Å². The summed E-state index contributed by atoms with van der Waals surface area (Å²) >= 11 is 0. The van der Waals surface area contributed by atoms with Gasteiger partial charge in [0.15, 0.2) is 0 Å².